The lowest BCUT2D eigenvalue weighted by Crippen LogP contribution is -2.62. The molecule has 1 N–H and O–H groups in total. The lowest BCUT2D eigenvalue weighted by atomic mass is 10.1. The van der Waals surface area contributed by atoms with Gasteiger partial charge in [0.05, 0.1) is 6.20 Å². The topological polar surface area (TPSA) is 77.2 Å². The van der Waals surface area contributed by atoms with Crippen LogP contribution in [0.3, 0.4) is 0 Å². The van der Waals surface area contributed by atoms with Crippen molar-refractivity contribution in [3.8, 4) is 0 Å². The van der Waals surface area contributed by atoms with Gasteiger partial charge >= 0.3 is 0 Å². The number of aromatic nitrogens is 3. The maximum absolute atomic E-state index is 13.0. The number of carbonyl (C=O) groups excluding carboxylic acids is 1. The van der Waals surface area contributed by atoms with Gasteiger partial charge in [0.25, 0.3) is 5.91 Å². The number of piperazine rings is 2. The highest BCUT2D eigenvalue weighted by Crippen LogP contribution is 2.18. The zero-order valence-electron chi connectivity index (χ0n) is 14.5. The van der Waals surface area contributed by atoms with Crippen LogP contribution >= 0.6 is 0 Å². The normalized spacial score (nSPS) is 22.3. The van der Waals surface area contributed by atoms with Gasteiger partial charge in [0.1, 0.15) is 5.56 Å². The summed E-state index contributed by atoms with van der Waals surface area (Å²) in [5, 5.41) is 13.3. The zero-order chi connectivity index (χ0) is 17.4. The van der Waals surface area contributed by atoms with E-state index in [1.165, 1.54) is 0 Å². The van der Waals surface area contributed by atoms with Gasteiger partial charge in [-0.1, -0.05) is 0 Å². The highest BCUT2D eigenvalue weighted by Gasteiger charge is 2.33. The van der Waals surface area contributed by atoms with Gasteiger partial charge in [-0.2, -0.15) is 5.10 Å². The average Bonchev–Trinajstić information content (AvgIpc) is 3.04. The molecule has 0 radical (unpaired) electrons. The molecule has 2 aromatic heterocycles. The van der Waals surface area contributed by atoms with Crippen molar-refractivity contribution in [2.24, 2.45) is 0 Å². The maximum Gasteiger partial charge on any atom is 0.259 e. The summed E-state index contributed by atoms with van der Waals surface area (Å²) >= 11 is 0. The van der Waals surface area contributed by atoms with Crippen LogP contribution in [0.25, 0.3) is 5.65 Å². The van der Waals surface area contributed by atoms with E-state index in [1.807, 2.05) is 11.1 Å². The Morgan fingerprint density at radius 3 is 2.92 bits per heavy atom. The van der Waals surface area contributed by atoms with Crippen LogP contribution in [0.2, 0.25) is 0 Å². The lowest BCUT2D eigenvalue weighted by molar-refractivity contribution is 0.0191. The van der Waals surface area contributed by atoms with Crippen molar-refractivity contribution in [1.82, 2.24) is 29.3 Å². The van der Waals surface area contributed by atoms with E-state index in [4.69, 9.17) is 5.11 Å². The summed E-state index contributed by atoms with van der Waals surface area (Å²) in [6.07, 6.45) is 5.66. The number of carbonyl (C=O) groups is 1. The van der Waals surface area contributed by atoms with Crippen molar-refractivity contribution in [3.05, 3.63) is 29.7 Å². The predicted molar refractivity (Wildman–Crippen MR) is 92.5 cm³/mol. The second-order valence-corrected chi connectivity index (χ2v) is 6.97. The fourth-order valence-electron chi connectivity index (χ4n) is 3.79. The summed E-state index contributed by atoms with van der Waals surface area (Å²) < 4.78 is 1.63. The molecule has 2 aliphatic rings. The molecule has 4 heterocycles. The number of rotatable bonds is 3. The van der Waals surface area contributed by atoms with E-state index in [9.17, 15) is 4.79 Å². The van der Waals surface area contributed by atoms with Crippen molar-refractivity contribution >= 4 is 11.6 Å². The van der Waals surface area contributed by atoms with Crippen molar-refractivity contribution in [1.29, 1.82) is 0 Å². The second-order valence-electron chi connectivity index (χ2n) is 6.97. The molecule has 0 bridgehead atoms. The van der Waals surface area contributed by atoms with Gasteiger partial charge in [-0.25, -0.2) is 9.50 Å². The number of hydrogen-bond acceptors (Lipinski definition) is 6. The van der Waals surface area contributed by atoms with Crippen molar-refractivity contribution < 1.29 is 9.90 Å². The van der Waals surface area contributed by atoms with Gasteiger partial charge in [0.15, 0.2) is 5.65 Å². The van der Waals surface area contributed by atoms with E-state index in [0.717, 1.165) is 44.8 Å². The van der Waals surface area contributed by atoms with Gasteiger partial charge in [0, 0.05) is 64.3 Å². The molecule has 0 aromatic carbocycles. The van der Waals surface area contributed by atoms with Crippen LogP contribution in [-0.4, -0.2) is 99.3 Å². The van der Waals surface area contributed by atoms with E-state index >= 15 is 0 Å². The van der Waals surface area contributed by atoms with Crippen LogP contribution in [0.1, 0.15) is 15.9 Å². The number of aliphatic hydroxyl groups is 1. The Morgan fingerprint density at radius 2 is 2.08 bits per heavy atom. The highest BCUT2D eigenvalue weighted by molar-refractivity contribution is 5.99. The maximum atomic E-state index is 13.0. The molecule has 25 heavy (non-hydrogen) atoms. The summed E-state index contributed by atoms with van der Waals surface area (Å²) in [5.41, 5.74) is 2.03. The van der Waals surface area contributed by atoms with Crippen LogP contribution in [0.4, 0.5) is 0 Å². The van der Waals surface area contributed by atoms with Gasteiger partial charge in [-0.05, 0) is 19.0 Å². The molecule has 0 unspecified atom stereocenters. The molecule has 1 atom stereocenters. The van der Waals surface area contributed by atoms with E-state index in [-0.39, 0.29) is 12.5 Å². The van der Waals surface area contributed by atoms with Crippen LogP contribution in [-0.2, 0) is 6.42 Å². The number of nitrogens with zero attached hydrogens (tertiary/aromatic N) is 6. The highest BCUT2D eigenvalue weighted by atomic mass is 16.3. The van der Waals surface area contributed by atoms with Gasteiger partial charge in [-0.3, -0.25) is 9.69 Å². The van der Waals surface area contributed by atoms with Crippen molar-refractivity contribution in [2.75, 3.05) is 52.9 Å². The fourth-order valence-corrected chi connectivity index (χ4v) is 3.79. The number of hydrogen-bond donors (Lipinski definition) is 1. The van der Waals surface area contributed by atoms with E-state index < -0.39 is 0 Å². The Hall–Kier alpha value is -2.03. The molecule has 0 spiro atoms. The summed E-state index contributed by atoms with van der Waals surface area (Å²) in [4.78, 5) is 24.1. The third-order valence-electron chi connectivity index (χ3n) is 5.22. The lowest BCUT2D eigenvalue weighted by Gasteiger charge is -2.46. The molecule has 0 aliphatic carbocycles. The molecule has 8 nitrogen and oxygen atoms in total. The minimum atomic E-state index is 0.00489. The molecule has 2 fully saturated rings. The molecule has 2 saturated heterocycles. The summed E-state index contributed by atoms with van der Waals surface area (Å²) in [7, 11) is 2.14. The van der Waals surface area contributed by atoms with Crippen LogP contribution in [0.5, 0.6) is 0 Å². The Balaban J connectivity index is 1.53. The van der Waals surface area contributed by atoms with Gasteiger partial charge in [-0.15, -0.1) is 0 Å². The Morgan fingerprint density at radius 1 is 1.24 bits per heavy atom. The van der Waals surface area contributed by atoms with Gasteiger partial charge in [0.2, 0.25) is 0 Å². The SMILES string of the molecule is CN1CCN2CCN(C(=O)c3cnn4cc(CCO)cnc34)C[C@H]2C1. The molecule has 1 amide bonds. The van der Waals surface area contributed by atoms with E-state index in [2.05, 4.69) is 26.9 Å². The van der Waals surface area contributed by atoms with Crippen LogP contribution in [0, 0.1) is 0 Å². The van der Waals surface area contributed by atoms with E-state index in [0.29, 0.717) is 23.7 Å². The third kappa shape index (κ3) is 3.12. The summed E-state index contributed by atoms with van der Waals surface area (Å²) in [6.45, 7) is 5.68. The number of likely N-dealkylation sites (N-methyl/N-ethyl adjacent to an activating group) is 1. The number of amides is 1. The first-order chi connectivity index (χ1) is 12.2. The first kappa shape index (κ1) is 16.4. The first-order valence-electron chi connectivity index (χ1n) is 8.80. The summed E-state index contributed by atoms with van der Waals surface area (Å²) in [5.74, 6) is 0.00489. The molecular formula is C17H24N6O2. The quantitative estimate of drug-likeness (QED) is 0.796. The predicted octanol–water partition coefficient (Wildman–Crippen LogP) is -0.664. The Labute approximate surface area is 146 Å². The largest absolute Gasteiger partial charge is 0.396 e. The minimum Gasteiger partial charge on any atom is -0.396 e. The second kappa shape index (κ2) is 6.70. The smallest absolute Gasteiger partial charge is 0.259 e. The fraction of sp³-hybridized carbons (Fsp3) is 0.588. The van der Waals surface area contributed by atoms with Crippen LogP contribution in [0.15, 0.2) is 18.6 Å². The Kier molecular flexibility index (Phi) is 4.41. The monoisotopic (exact) mass is 344 g/mol. The standard InChI is InChI=1S/C17H24N6O2/c1-20-3-4-21-5-6-22(12-14(21)11-20)17(25)15-9-19-23-10-13(2-7-24)8-18-16(15)23/h8-10,14,24H,2-7,11-12H2,1H3/t14-/m1/s1. The molecule has 2 aromatic rings. The number of aliphatic hydroxyl groups excluding tert-OH is 1. The number of fused-ring (bicyclic) bond motifs is 2. The molecule has 0 saturated carbocycles. The summed E-state index contributed by atoms with van der Waals surface area (Å²) in [6, 6.07) is 0.405. The molecule has 4 rings (SSSR count). The first-order valence-corrected chi connectivity index (χ1v) is 8.80. The zero-order valence-corrected chi connectivity index (χ0v) is 14.5. The molecule has 8 heteroatoms. The Bertz CT molecular complexity index is 776. The molecule has 134 valence electrons. The van der Waals surface area contributed by atoms with Gasteiger partial charge < -0.3 is 14.9 Å². The molecule has 2 aliphatic heterocycles. The van der Waals surface area contributed by atoms with E-state index in [1.54, 1.807) is 16.9 Å². The van der Waals surface area contributed by atoms with Crippen molar-refractivity contribution in [3.63, 3.8) is 0 Å². The molecular weight excluding hydrogens is 320 g/mol. The van der Waals surface area contributed by atoms with Crippen molar-refractivity contribution in [2.45, 2.75) is 12.5 Å². The average molecular weight is 344 g/mol. The third-order valence-corrected chi connectivity index (χ3v) is 5.22. The van der Waals surface area contributed by atoms with Crippen LogP contribution < -0.4 is 0 Å². The minimum absolute atomic E-state index is 0.00489.